The second kappa shape index (κ2) is 4.79. The first-order valence-electron chi connectivity index (χ1n) is 4.47. The second-order valence-electron chi connectivity index (χ2n) is 2.94. The lowest BCUT2D eigenvalue weighted by Gasteiger charge is -2.02. The fourth-order valence-electron chi connectivity index (χ4n) is 0.964. The molecule has 1 aromatic rings. The number of methoxy groups -OCH3 is 1. The van der Waals surface area contributed by atoms with Crippen LogP contribution < -0.4 is 9.46 Å². The Balaban J connectivity index is 3.07. The molecule has 0 spiro atoms. The van der Waals surface area contributed by atoms with Crippen LogP contribution in [0.5, 0.6) is 5.19 Å². The summed E-state index contributed by atoms with van der Waals surface area (Å²) in [6.07, 6.45) is 0.105. The molecule has 8 heteroatoms. The molecule has 0 aliphatic heterocycles. The van der Waals surface area contributed by atoms with Crippen molar-refractivity contribution in [3.63, 3.8) is 0 Å². The van der Waals surface area contributed by atoms with Crippen LogP contribution >= 0.6 is 11.3 Å². The van der Waals surface area contributed by atoms with Crippen molar-refractivity contribution >= 4 is 27.3 Å². The predicted molar refractivity (Wildman–Crippen MR) is 59.0 cm³/mol. The van der Waals surface area contributed by atoms with Gasteiger partial charge in [0.05, 0.1) is 12.8 Å². The molecule has 0 saturated heterocycles. The van der Waals surface area contributed by atoms with Crippen LogP contribution in [0.1, 0.15) is 19.0 Å². The van der Waals surface area contributed by atoms with Gasteiger partial charge in [0.1, 0.15) is 0 Å². The molecular weight excluding hydrogens is 252 g/mol. The van der Waals surface area contributed by atoms with Gasteiger partial charge in [0.15, 0.2) is 4.21 Å². The van der Waals surface area contributed by atoms with Crippen LogP contribution in [0, 0.1) is 6.92 Å². The van der Waals surface area contributed by atoms with Gasteiger partial charge < -0.3 is 4.74 Å². The third-order valence-electron chi connectivity index (χ3n) is 1.72. The van der Waals surface area contributed by atoms with Gasteiger partial charge in [-0.05, 0) is 6.92 Å². The molecule has 1 rings (SSSR count). The van der Waals surface area contributed by atoms with Gasteiger partial charge in [-0.1, -0.05) is 18.3 Å². The Morgan fingerprint density at radius 2 is 2.19 bits per heavy atom. The van der Waals surface area contributed by atoms with Crippen LogP contribution in [0.4, 0.5) is 0 Å². The zero-order valence-electron chi connectivity index (χ0n) is 9.10. The fraction of sp³-hybridized carbons (Fsp3) is 0.500. The molecule has 16 heavy (non-hydrogen) atoms. The lowest BCUT2D eigenvalue weighted by molar-refractivity contribution is -0.119. The maximum Gasteiger partial charge on any atom is 0.275 e. The van der Waals surface area contributed by atoms with Gasteiger partial charge in [-0.15, -0.1) is 0 Å². The lowest BCUT2D eigenvalue weighted by Crippen LogP contribution is -2.29. The second-order valence-corrected chi connectivity index (χ2v) is 5.78. The van der Waals surface area contributed by atoms with Crippen molar-refractivity contribution in [1.29, 1.82) is 0 Å². The number of carbonyl (C=O) groups excluding carboxylic acids is 1. The van der Waals surface area contributed by atoms with E-state index < -0.39 is 15.9 Å². The number of sulfonamides is 1. The maximum absolute atomic E-state index is 11.7. The van der Waals surface area contributed by atoms with Gasteiger partial charge >= 0.3 is 0 Å². The Morgan fingerprint density at radius 1 is 1.56 bits per heavy atom. The molecular formula is C8H12N2O4S2. The van der Waals surface area contributed by atoms with Gasteiger partial charge in [0.2, 0.25) is 5.91 Å². The molecule has 0 bridgehead atoms. The number of nitrogens with one attached hydrogen (secondary N) is 1. The number of amides is 1. The number of carbonyl (C=O) groups is 1. The first kappa shape index (κ1) is 12.9. The number of hydrogen-bond acceptors (Lipinski definition) is 6. The van der Waals surface area contributed by atoms with Crippen LogP contribution in [-0.2, 0) is 14.8 Å². The number of ether oxygens (including phenoxy) is 1. The average Bonchev–Trinajstić information content (AvgIpc) is 2.59. The van der Waals surface area contributed by atoms with Gasteiger partial charge in [-0.2, -0.15) is 0 Å². The molecule has 0 aliphatic rings. The summed E-state index contributed by atoms with van der Waals surface area (Å²) in [5.41, 5.74) is 0.318. The lowest BCUT2D eigenvalue weighted by atomic mass is 10.5. The minimum atomic E-state index is -3.82. The van der Waals surface area contributed by atoms with E-state index in [4.69, 9.17) is 4.74 Å². The van der Waals surface area contributed by atoms with E-state index in [2.05, 4.69) is 4.98 Å². The highest BCUT2D eigenvalue weighted by atomic mass is 32.2. The first-order chi connectivity index (χ1) is 7.40. The number of thiazole rings is 1. The van der Waals surface area contributed by atoms with Crippen molar-refractivity contribution in [1.82, 2.24) is 9.71 Å². The molecule has 0 radical (unpaired) electrons. The molecule has 0 saturated carbocycles. The molecule has 1 amide bonds. The van der Waals surface area contributed by atoms with Crippen molar-refractivity contribution in [2.45, 2.75) is 24.5 Å². The van der Waals surface area contributed by atoms with E-state index in [0.717, 1.165) is 11.3 Å². The van der Waals surface area contributed by atoms with E-state index in [0.29, 0.717) is 5.69 Å². The van der Waals surface area contributed by atoms with E-state index in [-0.39, 0.29) is 15.8 Å². The Bertz CT molecular complexity index is 492. The third kappa shape index (κ3) is 2.70. The highest BCUT2D eigenvalue weighted by molar-refractivity contribution is 7.92. The highest BCUT2D eigenvalue weighted by Crippen LogP contribution is 2.28. The Kier molecular flexibility index (Phi) is 3.87. The quantitative estimate of drug-likeness (QED) is 0.864. The van der Waals surface area contributed by atoms with Crippen molar-refractivity contribution in [3.8, 4) is 5.19 Å². The van der Waals surface area contributed by atoms with Gasteiger partial charge in [0.25, 0.3) is 15.2 Å². The van der Waals surface area contributed by atoms with E-state index in [9.17, 15) is 13.2 Å². The standard InChI is InChI=1S/C8H12N2O4S2/c1-4-6(11)10-16(12,13)7-5(2)9-8(14-3)15-7/h4H2,1-3H3,(H,10,11). The fourth-order valence-corrected chi connectivity index (χ4v) is 3.33. The minimum Gasteiger partial charge on any atom is -0.473 e. The SMILES string of the molecule is CCC(=O)NS(=O)(=O)c1sc(OC)nc1C. The predicted octanol–water partition coefficient (Wildman–Crippen LogP) is 0.675. The summed E-state index contributed by atoms with van der Waals surface area (Å²) in [5, 5.41) is 0.252. The number of hydrogen-bond donors (Lipinski definition) is 1. The van der Waals surface area contributed by atoms with Crippen LogP contribution in [0.3, 0.4) is 0 Å². The van der Waals surface area contributed by atoms with Crippen molar-refractivity contribution < 1.29 is 17.9 Å². The van der Waals surface area contributed by atoms with E-state index in [1.54, 1.807) is 13.8 Å². The summed E-state index contributed by atoms with van der Waals surface area (Å²) in [7, 11) is -2.41. The largest absolute Gasteiger partial charge is 0.473 e. The number of rotatable bonds is 4. The third-order valence-corrected chi connectivity index (χ3v) is 4.82. The summed E-state index contributed by atoms with van der Waals surface area (Å²) < 4.78 is 30.3. The summed E-state index contributed by atoms with van der Waals surface area (Å²) in [5.74, 6) is -0.549. The van der Waals surface area contributed by atoms with Crippen molar-refractivity contribution in [2.24, 2.45) is 0 Å². The molecule has 1 heterocycles. The highest BCUT2D eigenvalue weighted by Gasteiger charge is 2.23. The topological polar surface area (TPSA) is 85.4 Å². The van der Waals surface area contributed by atoms with Crippen molar-refractivity contribution in [2.75, 3.05) is 7.11 Å². The van der Waals surface area contributed by atoms with Crippen LogP contribution in [0.15, 0.2) is 4.21 Å². The van der Waals surface area contributed by atoms with Gasteiger partial charge in [-0.3, -0.25) is 4.79 Å². The molecule has 90 valence electrons. The number of nitrogens with zero attached hydrogens (tertiary/aromatic N) is 1. The number of aryl methyl sites for hydroxylation is 1. The summed E-state index contributed by atoms with van der Waals surface area (Å²) in [6, 6.07) is 0. The monoisotopic (exact) mass is 264 g/mol. The first-order valence-corrected chi connectivity index (χ1v) is 6.77. The molecule has 1 N–H and O–H groups in total. The Hall–Kier alpha value is -1.15. The molecule has 0 aromatic carbocycles. The minimum absolute atomic E-state index is 0.00569. The normalized spacial score (nSPS) is 11.2. The zero-order chi connectivity index (χ0) is 12.3. The Labute approximate surface area is 97.7 Å². The van der Waals surface area contributed by atoms with Crippen molar-refractivity contribution in [3.05, 3.63) is 5.69 Å². The molecule has 6 nitrogen and oxygen atoms in total. The van der Waals surface area contributed by atoms with E-state index in [1.165, 1.54) is 7.11 Å². The molecule has 0 atom stereocenters. The molecule has 1 aromatic heterocycles. The van der Waals surface area contributed by atoms with E-state index in [1.807, 2.05) is 4.72 Å². The molecule has 0 aliphatic carbocycles. The zero-order valence-corrected chi connectivity index (χ0v) is 10.7. The van der Waals surface area contributed by atoms with E-state index >= 15 is 0 Å². The van der Waals surface area contributed by atoms with Crippen LogP contribution in [0.25, 0.3) is 0 Å². The summed E-state index contributed by atoms with van der Waals surface area (Å²) in [4.78, 5) is 14.9. The summed E-state index contributed by atoms with van der Waals surface area (Å²) >= 11 is 0.883. The maximum atomic E-state index is 11.7. The van der Waals surface area contributed by atoms with Crippen LogP contribution in [0.2, 0.25) is 0 Å². The molecule has 0 fully saturated rings. The molecule has 0 unspecified atom stereocenters. The smallest absolute Gasteiger partial charge is 0.275 e. The number of aromatic nitrogens is 1. The Morgan fingerprint density at radius 3 is 2.62 bits per heavy atom. The van der Waals surface area contributed by atoms with Gasteiger partial charge in [0, 0.05) is 6.42 Å². The van der Waals surface area contributed by atoms with Crippen LogP contribution in [-0.4, -0.2) is 26.4 Å². The van der Waals surface area contributed by atoms with Gasteiger partial charge in [-0.25, -0.2) is 18.1 Å². The average molecular weight is 264 g/mol. The summed E-state index contributed by atoms with van der Waals surface area (Å²) in [6.45, 7) is 3.12.